The maximum Gasteiger partial charge on any atom is 0.317 e. The van der Waals surface area contributed by atoms with E-state index in [1.165, 1.54) is 7.11 Å². The minimum Gasteiger partial charge on any atom is -0.381 e. The van der Waals surface area contributed by atoms with E-state index in [0.717, 1.165) is 25.0 Å². The van der Waals surface area contributed by atoms with Crippen LogP contribution in [0.2, 0.25) is 0 Å². The molecule has 3 rings (SSSR count). The van der Waals surface area contributed by atoms with Gasteiger partial charge in [-0.15, -0.1) is 0 Å². The summed E-state index contributed by atoms with van der Waals surface area (Å²) in [6, 6.07) is 5.36. The van der Waals surface area contributed by atoms with Crippen LogP contribution in [0.4, 0.5) is 4.79 Å². The maximum absolute atomic E-state index is 12.8. The highest BCUT2D eigenvalue weighted by molar-refractivity contribution is 5.79. The number of ether oxygens (including phenoxy) is 2. The molecule has 0 aliphatic carbocycles. The number of urea groups is 1. The van der Waals surface area contributed by atoms with Crippen molar-refractivity contribution in [2.24, 2.45) is 0 Å². The molecule has 8 heteroatoms. The maximum atomic E-state index is 12.8. The third kappa shape index (κ3) is 4.62. The van der Waals surface area contributed by atoms with Gasteiger partial charge in [-0.3, -0.25) is 9.78 Å². The summed E-state index contributed by atoms with van der Waals surface area (Å²) >= 11 is 0. The third-order valence-electron chi connectivity index (χ3n) is 5.76. The molecule has 8 nitrogen and oxygen atoms in total. The average molecular weight is 390 g/mol. The molecule has 0 radical (unpaired) electrons. The molecule has 0 saturated carbocycles. The van der Waals surface area contributed by atoms with Crippen molar-refractivity contribution in [1.29, 1.82) is 0 Å². The van der Waals surface area contributed by atoms with Gasteiger partial charge in [0.2, 0.25) is 5.91 Å². The minimum absolute atomic E-state index is 0.0199. The van der Waals surface area contributed by atoms with Crippen LogP contribution >= 0.6 is 0 Å². The first-order valence-electron chi connectivity index (χ1n) is 9.89. The average Bonchev–Trinajstić information content (AvgIpc) is 2.89. The zero-order valence-corrected chi connectivity index (χ0v) is 16.7. The van der Waals surface area contributed by atoms with Gasteiger partial charge in [0.05, 0.1) is 11.7 Å². The fraction of sp³-hybridized carbons (Fsp3) is 0.650. The Morgan fingerprint density at radius 2 is 2.04 bits per heavy atom. The number of hydrogen-bond donors (Lipinski definition) is 1. The fourth-order valence-corrected chi connectivity index (χ4v) is 4.10. The van der Waals surface area contributed by atoms with Gasteiger partial charge >= 0.3 is 6.03 Å². The summed E-state index contributed by atoms with van der Waals surface area (Å²) in [6.45, 7) is 4.88. The lowest BCUT2D eigenvalue weighted by Gasteiger charge is -2.45. The molecule has 1 N–H and O–H groups in total. The number of carbonyl (C=O) groups excluding carboxylic acids is 2. The molecule has 1 unspecified atom stereocenters. The van der Waals surface area contributed by atoms with Gasteiger partial charge in [0.1, 0.15) is 6.61 Å². The Hall–Kier alpha value is -2.19. The Morgan fingerprint density at radius 3 is 2.71 bits per heavy atom. The monoisotopic (exact) mass is 390 g/mol. The lowest BCUT2D eigenvalue weighted by atomic mass is 9.84. The Kier molecular flexibility index (Phi) is 6.85. The first-order chi connectivity index (χ1) is 13.6. The Balaban J connectivity index is 1.68. The number of nitrogens with zero attached hydrogens (tertiary/aromatic N) is 3. The number of aromatic nitrogens is 1. The van der Waals surface area contributed by atoms with E-state index in [9.17, 15) is 9.59 Å². The summed E-state index contributed by atoms with van der Waals surface area (Å²) in [7, 11) is 1.53. The van der Waals surface area contributed by atoms with Gasteiger partial charge in [-0.1, -0.05) is 6.07 Å². The molecule has 2 aliphatic rings. The van der Waals surface area contributed by atoms with Gasteiger partial charge in [-0.05, 0) is 38.3 Å². The number of carbonyl (C=O) groups is 2. The van der Waals surface area contributed by atoms with Gasteiger partial charge in [-0.25, -0.2) is 4.79 Å². The summed E-state index contributed by atoms with van der Waals surface area (Å²) in [5.41, 5.74) is 0.568. The molecule has 2 aliphatic heterocycles. The van der Waals surface area contributed by atoms with Crippen molar-refractivity contribution >= 4 is 11.9 Å². The molecule has 1 aromatic heterocycles. The van der Waals surface area contributed by atoms with E-state index in [0.29, 0.717) is 32.8 Å². The topological polar surface area (TPSA) is 84.0 Å². The van der Waals surface area contributed by atoms with E-state index in [-0.39, 0.29) is 30.1 Å². The summed E-state index contributed by atoms with van der Waals surface area (Å²) in [4.78, 5) is 33.6. The molecule has 0 bridgehead atoms. The van der Waals surface area contributed by atoms with Gasteiger partial charge in [-0.2, -0.15) is 0 Å². The first-order valence-corrected chi connectivity index (χ1v) is 9.89. The highest BCUT2D eigenvalue weighted by atomic mass is 16.5. The zero-order valence-electron chi connectivity index (χ0n) is 16.7. The van der Waals surface area contributed by atoms with Gasteiger partial charge in [0.15, 0.2) is 0 Å². The number of hydrogen-bond acceptors (Lipinski definition) is 5. The predicted molar refractivity (Wildman–Crippen MR) is 104 cm³/mol. The van der Waals surface area contributed by atoms with Crippen LogP contribution in [0.3, 0.4) is 0 Å². The Labute approximate surface area is 166 Å². The van der Waals surface area contributed by atoms with Crippen molar-refractivity contribution in [3.8, 4) is 0 Å². The summed E-state index contributed by atoms with van der Waals surface area (Å²) in [5, 5.41) is 3.03. The number of rotatable bonds is 4. The second-order valence-corrected chi connectivity index (χ2v) is 7.48. The van der Waals surface area contributed by atoms with Gasteiger partial charge < -0.3 is 24.6 Å². The number of amides is 3. The smallest absolute Gasteiger partial charge is 0.317 e. The molecule has 2 saturated heterocycles. The van der Waals surface area contributed by atoms with Gasteiger partial charge in [0.25, 0.3) is 0 Å². The second-order valence-electron chi connectivity index (χ2n) is 7.48. The molecular formula is C20H30N4O4. The van der Waals surface area contributed by atoms with Crippen LogP contribution in [0.15, 0.2) is 24.4 Å². The van der Waals surface area contributed by atoms with Crippen LogP contribution in [-0.2, 0) is 14.3 Å². The van der Waals surface area contributed by atoms with E-state index in [1.807, 2.05) is 30.0 Å². The highest BCUT2D eigenvalue weighted by Crippen LogP contribution is 2.33. The minimum atomic E-state index is -0.254. The SMILES string of the molecule is COCC(=O)N1CCN(C(=O)NC(C)c2ccccn2)CCC12CCOCC2. The number of nitrogens with one attached hydrogen (secondary N) is 1. The molecule has 154 valence electrons. The summed E-state index contributed by atoms with van der Waals surface area (Å²) < 4.78 is 10.6. The van der Waals surface area contributed by atoms with E-state index < -0.39 is 0 Å². The lowest BCUT2D eigenvalue weighted by Crippen LogP contribution is -2.55. The largest absolute Gasteiger partial charge is 0.381 e. The molecule has 1 atom stereocenters. The molecule has 3 heterocycles. The van der Waals surface area contributed by atoms with Crippen LogP contribution in [0.25, 0.3) is 0 Å². The molecule has 0 aromatic carbocycles. The quantitative estimate of drug-likeness (QED) is 0.844. The van der Waals surface area contributed by atoms with Crippen LogP contribution in [0, 0.1) is 0 Å². The van der Waals surface area contributed by atoms with Crippen LogP contribution in [0.5, 0.6) is 0 Å². The highest BCUT2D eigenvalue weighted by Gasteiger charge is 2.43. The lowest BCUT2D eigenvalue weighted by molar-refractivity contribution is -0.145. The van der Waals surface area contributed by atoms with Crippen molar-refractivity contribution in [2.45, 2.75) is 37.8 Å². The molecule has 28 heavy (non-hydrogen) atoms. The van der Waals surface area contributed by atoms with Crippen molar-refractivity contribution < 1.29 is 19.1 Å². The van der Waals surface area contributed by atoms with E-state index in [1.54, 1.807) is 11.1 Å². The van der Waals surface area contributed by atoms with E-state index >= 15 is 0 Å². The molecule has 3 amide bonds. The Morgan fingerprint density at radius 1 is 1.25 bits per heavy atom. The summed E-state index contributed by atoms with van der Waals surface area (Å²) in [6.07, 6.45) is 4.06. The van der Waals surface area contributed by atoms with Crippen LogP contribution in [0.1, 0.15) is 37.9 Å². The molecule has 1 aromatic rings. The summed E-state index contributed by atoms with van der Waals surface area (Å²) in [5.74, 6) is -0.0199. The van der Waals surface area contributed by atoms with Crippen molar-refractivity contribution in [3.63, 3.8) is 0 Å². The predicted octanol–water partition coefficient (Wildman–Crippen LogP) is 1.58. The van der Waals surface area contributed by atoms with Crippen LogP contribution < -0.4 is 5.32 Å². The van der Waals surface area contributed by atoms with Crippen LogP contribution in [-0.4, -0.2) is 78.8 Å². The normalized spacial score (nSPS) is 20.5. The van der Waals surface area contributed by atoms with Gasteiger partial charge in [0, 0.05) is 51.7 Å². The van der Waals surface area contributed by atoms with Crippen molar-refractivity contribution in [1.82, 2.24) is 20.1 Å². The fourth-order valence-electron chi connectivity index (χ4n) is 4.10. The second kappa shape index (κ2) is 9.34. The standard InChI is InChI=1S/C20H30N4O4/c1-16(17-5-3-4-9-21-17)22-19(26)23-10-6-20(7-13-28-14-8-20)24(12-11-23)18(25)15-27-2/h3-5,9,16H,6-8,10-15H2,1-2H3,(H,22,26). The molecular weight excluding hydrogens is 360 g/mol. The Bertz CT molecular complexity index is 663. The zero-order chi connectivity index (χ0) is 20.0. The van der Waals surface area contributed by atoms with E-state index in [4.69, 9.17) is 9.47 Å². The van der Waals surface area contributed by atoms with Crippen molar-refractivity contribution in [2.75, 3.05) is 46.6 Å². The number of methoxy groups -OCH3 is 1. The molecule has 1 spiro atoms. The van der Waals surface area contributed by atoms with E-state index in [2.05, 4.69) is 10.3 Å². The number of pyridine rings is 1. The molecule has 2 fully saturated rings. The third-order valence-corrected chi connectivity index (χ3v) is 5.76. The van der Waals surface area contributed by atoms with Crippen molar-refractivity contribution in [3.05, 3.63) is 30.1 Å². The first kappa shape index (κ1) is 20.5.